The molecule has 1 rings (SSSR count). The molecule has 0 heterocycles. The zero-order valence-electron chi connectivity index (χ0n) is 12.5. The van der Waals surface area contributed by atoms with Crippen molar-refractivity contribution in [3.8, 4) is 0 Å². The number of carboxylic acids is 1. The van der Waals surface area contributed by atoms with Gasteiger partial charge in [-0.2, -0.15) is 13.2 Å². The number of ether oxygens (including phenoxy) is 1. The summed E-state index contributed by atoms with van der Waals surface area (Å²) in [6, 6.07) is 2.83. The minimum absolute atomic E-state index is 0.143. The minimum atomic E-state index is -4.45. The van der Waals surface area contributed by atoms with E-state index in [1.807, 2.05) is 6.92 Å². The summed E-state index contributed by atoms with van der Waals surface area (Å²) in [4.78, 5) is 22.6. The van der Waals surface area contributed by atoms with Gasteiger partial charge in [0.2, 0.25) is 0 Å². The van der Waals surface area contributed by atoms with Crippen molar-refractivity contribution in [1.29, 1.82) is 0 Å². The fraction of sp³-hybridized carbons (Fsp3) is 0.467. The standard InChI is InChI=1S/C15H18F3NO4/c1-2-3-8-23-14(22)19-12(13(20)21)9-10-4-6-11(7-5-10)15(16,17)18/h4-7,12H,2-3,8-9H2,1H3,(H,19,22)(H,20,21). The van der Waals surface area contributed by atoms with Crippen LogP contribution in [0.5, 0.6) is 0 Å². The fourth-order valence-electron chi connectivity index (χ4n) is 1.76. The molecule has 0 bridgehead atoms. The molecule has 0 saturated heterocycles. The normalized spacial score (nSPS) is 12.5. The van der Waals surface area contributed by atoms with Gasteiger partial charge in [0.1, 0.15) is 6.04 Å². The smallest absolute Gasteiger partial charge is 0.416 e. The molecule has 128 valence electrons. The van der Waals surface area contributed by atoms with Crippen molar-refractivity contribution in [2.45, 2.75) is 38.4 Å². The van der Waals surface area contributed by atoms with Gasteiger partial charge in [0.15, 0.2) is 0 Å². The lowest BCUT2D eigenvalue weighted by Crippen LogP contribution is -2.42. The maximum atomic E-state index is 12.5. The summed E-state index contributed by atoms with van der Waals surface area (Å²) >= 11 is 0. The summed E-state index contributed by atoms with van der Waals surface area (Å²) in [5, 5.41) is 11.3. The molecule has 0 radical (unpaired) electrons. The summed E-state index contributed by atoms with van der Waals surface area (Å²) in [5.41, 5.74) is -0.459. The molecule has 0 aliphatic rings. The minimum Gasteiger partial charge on any atom is -0.480 e. The number of aliphatic carboxylic acids is 1. The Balaban J connectivity index is 2.65. The van der Waals surface area contributed by atoms with Crippen LogP contribution in [0.2, 0.25) is 0 Å². The van der Waals surface area contributed by atoms with Crippen LogP contribution in [0.1, 0.15) is 30.9 Å². The summed E-state index contributed by atoms with van der Waals surface area (Å²) in [5.74, 6) is -1.29. The molecule has 5 nitrogen and oxygen atoms in total. The van der Waals surface area contributed by atoms with E-state index in [2.05, 4.69) is 5.32 Å². The lowest BCUT2D eigenvalue weighted by molar-refractivity contribution is -0.139. The van der Waals surface area contributed by atoms with Crippen LogP contribution >= 0.6 is 0 Å². The number of carbonyl (C=O) groups excluding carboxylic acids is 1. The number of amides is 1. The zero-order chi connectivity index (χ0) is 17.5. The number of rotatable bonds is 7. The maximum Gasteiger partial charge on any atom is 0.416 e. The van der Waals surface area contributed by atoms with Crippen LogP contribution in [0.3, 0.4) is 0 Å². The highest BCUT2D eigenvalue weighted by atomic mass is 19.4. The van der Waals surface area contributed by atoms with Crippen molar-refractivity contribution >= 4 is 12.1 Å². The molecule has 1 atom stereocenters. The largest absolute Gasteiger partial charge is 0.480 e. The van der Waals surface area contributed by atoms with Crippen molar-refractivity contribution in [1.82, 2.24) is 5.32 Å². The summed E-state index contributed by atoms with van der Waals surface area (Å²) in [6.07, 6.45) is -3.98. The van der Waals surface area contributed by atoms with E-state index in [1.165, 1.54) is 12.1 Å². The van der Waals surface area contributed by atoms with E-state index >= 15 is 0 Å². The number of alkyl carbamates (subject to hydrolysis) is 1. The fourth-order valence-corrected chi connectivity index (χ4v) is 1.76. The van der Waals surface area contributed by atoms with Crippen molar-refractivity contribution in [3.63, 3.8) is 0 Å². The van der Waals surface area contributed by atoms with Crippen molar-refractivity contribution in [2.75, 3.05) is 6.61 Å². The van der Waals surface area contributed by atoms with Gasteiger partial charge in [-0.05, 0) is 24.1 Å². The summed E-state index contributed by atoms with van der Waals surface area (Å²) in [6.45, 7) is 2.08. The Morgan fingerprint density at radius 1 is 1.26 bits per heavy atom. The van der Waals surface area contributed by atoms with Crippen molar-refractivity contribution < 1.29 is 32.6 Å². The van der Waals surface area contributed by atoms with E-state index in [0.717, 1.165) is 18.6 Å². The zero-order valence-corrected chi connectivity index (χ0v) is 12.5. The third-order valence-corrected chi connectivity index (χ3v) is 3.04. The molecular formula is C15H18F3NO4. The lowest BCUT2D eigenvalue weighted by Gasteiger charge is -2.15. The number of carbonyl (C=O) groups is 2. The van der Waals surface area contributed by atoms with Crippen LogP contribution in [-0.2, 0) is 22.1 Å². The first-order chi connectivity index (χ1) is 10.7. The number of hydrogen-bond donors (Lipinski definition) is 2. The highest BCUT2D eigenvalue weighted by molar-refractivity contribution is 5.80. The number of nitrogens with one attached hydrogen (secondary N) is 1. The van der Waals surface area contributed by atoms with Gasteiger partial charge in [-0.25, -0.2) is 9.59 Å². The van der Waals surface area contributed by atoms with E-state index in [-0.39, 0.29) is 13.0 Å². The first-order valence-corrected chi connectivity index (χ1v) is 7.06. The highest BCUT2D eigenvalue weighted by Crippen LogP contribution is 2.29. The Kier molecular flexibility index (Phi) is 6.87. The second-order valence-electron chi connectivity index (χ2n) is 4.92. The van der Waals surface area contributed by atoms with E-state index in [1.54, 1.807) is 0 Å². The number of alkyl halides is 3. The Morgan fingerprint density at radius 2 is 1.87 bits per heavy atom. The Labute approximate surface area is 131 Å². The second-order valence-corrected chi connectivity index (χ2v) is 4.92. The highest BCUT2D eigenvalue weighted by Gasteiger charge is 2.30. The van der Waals surface area contributed by atoms with Gasteiger partial charge in [0.25, 0.3) is 0 Å². The topological polar surface area (TPSA) is 75.6 Å². The predicted molar refractivity (Wildman–Crippen MR) is 76.0 cm³/mol. The van der Waals surface area contributed by atoms with Gasteiger partial charge in [0, 0.05) is 6.42 Å². The average Bonchev–Trinajstić information content (AvgIpc) is 2.46. The summed E-state index contributed by atoms with van der Waals surface area (Å²) < 4.78 is 42.2. The quantitative estimate of drug-likeness (QED) is 0.751. The molecule has 8 heteroatoms. The average molecular weight is 333 g/mol. The van der Waals surface area contributed by atoms with Crippen LogP contribution in [0.15, 0.2) is 24.3 Å². The van der Waals surface area contributed by atoms with E-state index in [9.17, 15) is 22.8 Å². The molecular weight excluding hydrogens is 315 g/mol. The Bertz CT molecular complexity index is 529. The van der Waals surface area contributed by atoms with Gasteiger partial charge in [-0.15, -0.1) is 0 Å². The molecule has 0 aromatic heterocycles. The lowest BCUT2D eigenvalue weighted by atomic mass is 10.0. The Hall–Kier alpha value is -2.25. The molecule has 0 fully saturated rings. The SMILES string of the molecule is CCCCOC(=O)NC(Cc1ccc(C(F)(F)F)cc1)C(=O)O. The van der Waals surface area contributed by atoms with Crippen LogP contribution in [-0.4, -0.2) is 29.8 Å². The number of halogens is 3. The number of carboxylic acid groups (broad SMARTS) is 1. The third kappa shape index (κ3) is 6.58. The molecule has 0 aliphatic heterocycles. The maximum absolute atomic E-state index is 12.5. The van der Waals surface area contributed by atoms with Gasteiger partial charge < -0.3 is 15.2 Å². The van der Waals surface area contributed by atoms with Gasteiger partial charge in [0.05, 0.1) is 12.2 Å². The van der Waals surface area contributed by atoms with E-state index in [0.29, 0.717) is 12.0 Å². The van der Waals surface area contributed by atoms with Crippen LogP contribution in [0.4, 0.5) is 18.0 Å². The predicted octanol–water partition coefficient (Wildman–Crippen LogP) is 3.23. The van der Waals surface area contributed by atoms with Gasteiger partial charge >= 0.3 is 18.2 Å². The molecule has 1 aromatic carbocycles. The van der Waals surface area contributed by atoms with Crippen LogP contribution in [0, 0.1) is 0 Å². The first-order valence-electron chi connectivity index (χ1n) is 7.06. The molecule has 1 aromatic rings. The molecule has 0 aliphatic carbocycles. The number of unbranched alkanes of at least 4 members (excludes halogenated alkanes) is 1. The third-order valence-electron chi connectivity index (χ3n) is 3.04. The molecule has 2 N–H and O–H groups in total. The van der Waals surface area contributed by atoms with Crippen LogP contribution < -0.4 is 5.32 Å². The molecule has 0 spiro atoms. The van der Waals surface area contributed by atoms with Gasteiger partial charge in [-0.1, -0.05) is 25.5 Å². The summed E-state index contributed by atoms with van der Waals surface area (Å²) in [7, 11) is 0. The number of hydrogen-bond acceptors (Lipinski definition) is 3. The Morgan fingerprint density at radius 3 is 2.35 bits per heavy atom. The molecule has 0 saturated carbocycles. The van der Waals surface area contributed by atoms with Crippen LogP contribution in [0.25, 0.3) is 0 Å². The molecule has 23 heavy (non-hydrogen) atoms. The second kappa shape index (κ2) is 8.40. The van der Waals surface area contributed by atoms with E-state index in [4.69, 9.17) is 9.84 Å². The van der Waals surface area contributed by atoms with Gasteiger partial charge in [-0.3, -0.25) is 0 Å². The van der Waals surface area contributed by atoms with Crippen molar-refractivity contribution in [3.05, 3.63) is 35.4 Å². The molecule has 1 unspecified atom stereocenters. The monoisotopic (exact) mass is 333 g/mol. The first kappa shape index (κ1) is 18.8. The molecule has 1 amide bonds. The van der Waals surface area contributed by atoms with Crippen molar-refractivity contribution in [2.24, 2.45) is 0 Å². The van der Waals surface area contributed by atoms with E-state index < -0.39 is 29.8 Å². The number of benzene rings is 1.